The van der Waals surface area contributed by atoms with Gasteiger partial charge in [-0.1, -0.05) is 53.5 Å². The number of aromatic nitrogens is 1. The summed E-state index contributed by atoms with van der Waals surface area (Å²) < 4.78 is 6.15. The fourth-order valence-electron chi connectivity index (χ4n) is 4.42. The number of hydrogen-bond donors (Lipinski definition) is 2. The third kappa shape index (κ3) is 6.23. The molecule has 0 saturated carbocycles. The topological polar surface area (TPSA) is 83.6 Å². The monoisotopic (exact) mass is 586 g/mol. The standard InChI is InChI=1S/C27H24Cl2N4O3S2/c28-18-13-17(31-27(37)32-23(34)12-16-6-2-1-3-7-16)14-19(29)24(18)36-21-8-9-30-20-15-22(38-25(20)21)26(35)33-10-4-5-11-33/h1-3,6-9,13-14,22H,4-5,10-12,15H2,(H2,31,32,34,37). The summed E-state index contributed by atoms with van der Waals surface area (Å²) in [7, 11) is 0. The lowest BCUT2D eigenvalue weighted by Crippen LogP contribution is -2.35. The van der Waals surface area contributed by atoms with Crippen LogP contribution < -0.4 is 15.4 Å². The normalized spacial score (nSPS) is 16.2. The van der Waals surface area contributed by atoms with Gasteiger partial charge in [0.1, 0.15) is 5.75 Å². The molecule has 0 bridgehead atoms. The number of rotatable bonds is 6. The van der Waals surface area contributed by atoms with Crippen molar-refractivity contribution in [2.24, 2.45) is 0 Å². The number of benzene rings is 2. The molecule has 1 fully saturated rings. The molecule has 0 aliphatic carbocycles. The van der Waals surface area contributed by atoms with Crippen molar-refractivity contribution < 1.29 is 14.3 Å². The van der Waals surface area contributed by atoms with Gasteiger partial charge in [-0.25, -0.2) is 0 Å². The van der Waals surface area contributed by atoms with E-state index in [1.54, 1.807) is 24.4 Å². The molecule has 3 heterocycles. The van der Waals surface area contributed by atoms with Crippen molar-refractivity contribution in [1.29, 1.82) is 0 Å². The number of nitrogens with one attached hydrogen (secondary N) is 2. The number of amides is 2. The SMILES string of the molecule is O=C(Cc1ccccc1)NC(=S)Nc1cc(Cl)c(Oc2ccnc3c2SC(C(=O)N2CCCC2)C3)c(Cl)c1. The molecule has 3 aromatic rings. The summed E-state index contributed by atoms with van der Waals surface area (Å²) in [5.41, 5.74) is 2.21. The molecular formula is C27H24Cl2N4O3S2. The zero-order chi connectivity index (χ0) is 26.6. The molecule has 2 aliphatic rings. The van der Waals surface area contributed by atoms with Crippen LogP contribution in [0.3, 0.4) is 0 Å². The molecule has 1 saturated heterocycles. The number of pyridine rings is 1. The number of ether oxygens (including phenoxy) is 1. The zero-order valence-corrected chi connectivity index (χ0v) is 23.4. The fraction of sp³-hybridized carbons (Fsp3) is 0.259. The highest BCUT2D eigenvalue weighted by molar-refractivity contribution is 8.01. The Balaban J connectivity index is 1.24. The molecule has 7 nitrogen and oxygen atoms in total. The van der Waals surface area contributed by atoms with Crippen molar-refractivity contribution in [2.75, 3.05) is 18.4 Å². The highest BCUT2D eigenvalue weighted by Gasteiger charge is 2.35. The maximum atomic E-state index is 12.9. The van der Waals surface area contributed by atoms with Gasteiger partial charge in [0.25, 0.3) is 0 Å². The Kier molecular flexibility index (Phi) is 8.38. The average molecular weight is 588 g/mol. The van der Waals surface area contributed by atoms with Gasteiger partial charge in [-0.2, -0.15) is 0 Å². The largest absolute Gasteiger partial charge is 0.453 e. The number of thioether (sulfide) groups is 1. The Labute approximate surface area is 240 Å². The number of carbonyl (C=O) groups is 2. The number of likely N-dealkylation sites (tertiary alicyclic amines) is 1. The van der Waals surface area contributed by atoms with E-state index in [2.05, 4.69) is 15.6 Å². The molecule has 1 aromatic heterocycles. The van der Waals surface area contributed by atoms with Gasteiger partial charge >= 0.3 is 0 Å². The number of carbonyl (C=O) groups excluding carboxylic acids is 2. The van der Waals surface area contributed by atoms with Crippen molar-refractivity contribution in [3.05, 3.63) is 76.0 Å². The smallest absolute Gasteiger partial charge is 0.236 e. The minimum atomic E-state index is -0.239. The van der Waals surface area contributed by atoms with Crippen LogP contribution >= 0.6 is 47.2 Å². The number of anilines is 1. The summed E-state index contributed by atoms with van der Waals surface area (Å²) in [6.45, 7) is 1.63. The van der Waals surface area contributed by atoms with Gasteiger partial charge in [0, 0.05) is 37.5 Å². The highest BCUT2D eigenvalue weighted by atomic mass is 35.5. The Morgan fingerprint density at radius 2 is 1.82 bits per heavy atom. The van der Waals surface area contributed by atoms with Crippen LogP contribution in [0.25, 0.3) is 0 Å². The lowest BCUT2D eigenvalue weighted by molar-refractivity contribution is -0.129. The van der Waals surface area contributed by atoms with Crippen LogP contribution in [0.2, 0.25) is 10.0 Å². The van der Waals surface area contributed by atoms with Gasteiger partial charge in [0.15, 0.2) is 10.9 Å². The van der Waals surface area contributed by atoms with Gasteiger partial charge in [-0.05, 0) is 42.8 Å². The van der Waals surface area contributed by atoms with E-state index in [9.17, 15) is 9.59 Å². The van der Waals surface area contributed by atoms with Crippen LogP contribution in [0.4, 0.5) is 5.69 Å². The second-order valence-electron chi connectivity index (χ2n) is 8.96. The second kappa shape index (κ2) is 11.9. The highest BCUT2D eigenvalue weighted by Crippen LogP contribution is 2.46. The lowest BCUT2D eigenvalue weighted by atomic mass is 10.1. The Morgan fingerprint density at radius 1 is 1.11 bits per heavy atom. The van der Waals surface area contributed by atoms with Crippen molar-refractivity contribution in [2.45, 2.75) is 35.8 Å². The maximum absolute atomic E-state index is 12.9. The Hall–Kier alpha value is -2.85. The molecule has 0 radical (unpaired) electrons. The molecule has 5 rings (SSSR count). The number of thiocarbonyl (C=S) groups is 1. The van der Waals surface area contributed by atoms with Crippen molar-refractivity contribution >= 4 is 69.8 Å². The molecule has 38 heavy (non-hydrogen) atoms. The van der Waals surface area contributed by atoms with Gasteiger partial charge < -0.3 is 20.3 Å². The summed E-state index contributed by atoms with van der Waals surface area (Å²) in [6, 6.07) is 14.4. The van der Waals surface area contributed by atoms with E-state index in [1.807, 2.05) is 35.2 Å². The van der Waals surface area contributed by atoms with E-state index in [0.717, 1.165) is 42.1 Å². The molecule has 2 N–H and O–H groups in total. The molecule has 1 unspecified atom stereocenters. The van der Waals surface area contributed by atoms with Crippen molar-refractivity contribution in [3.63, 3.8) is 0 Å². The van der Waals surface area contributed by atoms with Crippen LogP contribution in [-0.2, 0) is 22.4 Å². The summed E-state index contributed by atoms with van der Waals surface area (Å²) >= 11 is 19.8. The van der Waals surface area contributed by atoms with Gasteiger partial charge in [0.05, 0.1) is 32.3 Å². The third-order valence-corrected chi connectivity index (χ3v) is 8.29. The summed E-state index contributed by atoms with van der Waals surface area (Å²) in [5.74, 6) is 0.734. The van der Waals surface area contributed by atoms with E-state index in [1.165, 1.54) is 11.8 Å². The number of fused-ring (bicyclic) bond motifs is 1. The van der Waals surface area contributed by atoms with Crippen molar-refractivity contribution in [1.82, 2.24) is 15.2 Å². The van der Waals surface area contributed by atoms with E-state index in [-0.39, 0.29) is 44.4 Å². The molecule has 2 aromatic carbocycles. The summed E-state index contributed by atoms with van der Waals surface area (Å²) in [4.78, 5) is 32.4. The first kappa shape index (κ1) is 26.7. The van der Waals surface area contributed by atoms with Gasteiger partial charge in [-0.3, -0.25) is 14.6 Å². The quantitative estimate of drug-likeness (QED) is 0.349. The first-order valence-corrected chi connectivity index (χ1v) is 14.2. The van der Waals surface area contributed by atoms with E-state index >= 15 is 0 Å². The van der Waals surface area contributed by atoms with Crippen LogP contribution in [0.1, 0.15) is 24.1 Å². The zero-order valence-electron chi connectivity index (χ0n) is 20.2. The average Bonchev–Trinajstić information content (AvgIpc) is 3.57. The first-order chi connectivity index (χ1) is 18.4. The van der Waals surface area contributed by atoms with Crippen LogP contribution in [0.15, 0.2) is 59.6 Å². The molecule has 11 heteroatoms. The van der Waals surface area contributed by atoms with Crippen molar-refractivity contribution in [3.8, 4) is 11.5 Å². The predicted octanol–water partition coefficient (Wildman–Crippen LogP) is 5.88. The van der Waals surface area contributed by atoms with Crippen LogP contribution in [0, 0.1) is 0 Å². The lowest BCUT2D eigenvalue weighted by Gasteiger charge is -2.19. The van der Waals surface area contributed by atoms with Crippen LogP contribution in [-0.4, -0.2) is 45.2 Å². The molecule has 196 valence electrons. The molecule has 2 amide bonds. The molecule has 1 atom stereocenters. The molecular weight excluding hydrogens is 563 g/mol. The van der Waals surface area contributed by atoms with E-state index in [4.69, 9.17) is 40.2 Å². The number of nitrogens with zero attached hydrogens (tertiary/aromatic N) is 2. The molecule has 2 aliphatic heterocycles. The molecule has 0 spiro atoms. The minimum Gasteiger partial charge on any atom is -0.453 e. The first-order valence-electron chi connectivity index (χ1n) is 12.1. The van der Waals surface area contributed by atoms with E-state index < -0.39 is 0 Å². The van der Waals surface area contributed by atoms with Gasteiger partial charge in [-0.15, -0.1) is 11.8 Å². The third-order valence-electron chi connectivity index (χ3n) is 6.20. The summed E-state index contributed by atoms with van der Waals surface area (Å²) in [5, 5.41) is 6.03. The predicted molar refractivity (Wildman–Crippen MR) is 154 cm³/mol. The maximum Gasteiger partial charge on any atom is 0.236 e. The Morgan fingerprint density at radius 3 is 2.53 bits per heavy atom. The second-order valence-corrected chi connectivity index (χ2v) is 11.4. The number of hydrogen-bond acceptors (Lipinski definition) is 6. The minimum absolute atomic E-state index is 0.129. The summed E-state index contributed by atoms with van der Waals surface area (Å²) in [6.07, 6.45) is 4.52. The van der Waals surface area contributed by atoms with Crippen LogP contribution in [0.5, 0.6) is 11.5 Å². The fourth-order valence-corrected chi connectivity index (χ4v) is 6.49. The number of halogens is 2. The Bertz CT molecular complexity index is 1360. The van der Waals surface area contributed by atoms with E-state index in [0.29, 0.717) is 17.9 Å². The van der Waals surface area contributed by atoms with Gasteiger partial charge in [0.2, 0.25) is 11.8 Å².